The second-order valence-corrected chi connectivity index (χ2v) is 3.17. The first kappa shape index (κ1) is 11.1. The first-order chi connectivity index (χ1) is 6.79. The van der Waals surface area contributed by atoms with E-state index in [1.807, 2.05) is 7.05 Å². The molecule has 0 radical (unpaired) electrons. The third-order valence-electron chi connectivity index (χ3n) is 2.17. The van der Waals surface area contributed by atoms with Crippen molar-refractivity contribution in [2.24, 2.45) is 7.05 Å². The van der Waals surface area contributed by atoms with Crippen molar-refractivity contribution in [3.63, 3.8) is 0 Å². The Morgan fingerprint density at radius 1 is 1.64 bits per heavy atom. The van der Waals surface area contributed by atoms with Gasteiger partial charge in [-0.25, -0.2) is 0 Å². The van der Waals surface area contributed by atoms with Crippen LogP contribution in [0.25, 0.3) is 0 Å². The second kappa shape index (κ2) is 5.72. The van der Waals surface area contributed by atoms with Crippen molar-refractivity contribution in [1.29, 1.82) is 0 Å². The Morgan fingerprint density at radius 2 is 2.43 bits per heavy atom. The zero-order chi connectivity index (χ0) is 10.4. The van der Waals surface area contributed by atoms with Crippen LogP contribution in [-0.2, 0) is 11.8 Å². The van der Waals surface area contributed by atoms with Crippen molar-refractivity contribution in [3.8, 4) is 0 Å². The topological polar surface area (TPSA) is 52.0 Å². The zero-order valence-electron chi connectivity index (χ0n) is 9.03. The predicted molar refractivity (Wildman–Crippen MR) is 53.9 cm³/mol. The van der Waals surface area contributed by atoms with E-state index in [4.69, 9.17) is 4.74 Å². The summed E-state index contributed by atoms with van der Waals surface area (Å²) in [5.41, 5.74) is 1.10. The van der Waals surface area contributed by atoms with Crippen LogP contribution in [-0.4, -0.2) is 35.3 Å². The molecule has 0 saturated heterocycles. The summed E-state index contributed by atoms with van der Waals surface area (Å²) >= 11 is 0. The fourth-order valence-corrected chi connectivity index (χ4v) is 1.45. The number of nitrogens with zero attached hydrogens (tertiary/aromatic N) is 3. The highest BCUT2D eigenvalue weighted by molar-refractivity contribution is 5.01. The second-order valence-electron chi connectivity index (χ2n) is 3.17. The molecule has 1 aromatic rings. The van der Waals surface area contributed by atoms with Gasteiger partial charge >= 0.3 is 0 Å². The minimum Gasteiger partial charge on any atom is -0.385 e. The number of methoxy groups -OCH3 is 1. The predicted octanol–water partition coefficient (Wildman–Crippen LogP) is 0.502. The van der Waals surface area contributed by atoms with E-state index in [0.29, 0.717) is 0 Å². The standard InChI is InChI=1S/C9H18N4O/c1-4-10-8(5-6-14-3)9-7-11-12-13(9)2/h7-8,10H,4-6H2,1-3H3. The van der Waals surface area contributed by atoms with Crippen LogP contribution in [0.2, 0.25) is 0 Å². The summed E-state index contributed by atoms with van der Waals surface area (Å²) in [5, 5.41) is 11.2. The molecule has 1 heterocycles. The van der Waals surface area contributed by atoms with Crippen LogP contribution in [0, 0.1) is 0 Å². The van der Waals surface area contributed by atoms with Crippen molar-refractivity contribution in [3.05, 3.63) is 11.9 Å². The molecule has 0 aliphatic carbocycles. The van der Waals surface area contributed by atoms with Gasteiger partial charge in [0, 0.05) is 20.8 Å². The zero-order valence-corrected chi connectivity index (χ0v) is 9.03. The van der Waals surface area contributed by atoms with E-state index in [2.05, 4.69) is 22.6 Å². The summed E-state index contributed by atoms with van der Waals surface area (Å²) in [6, 6.07) is 0.278. The Hall–Kier alpha value is -0.940. The van der Waals surface area contributed by atoms with Crippen LogP contribution in [0.4, 0.5) is 0 Å². The van der Waals surface area contributed by atoms with E-state index in [9.17, 15) is 0 Å². The minimum atomic E-state index is 0.278. The average molecular weight is 198 g/mol. The van der Waals surface area contributed by atoms with Crippen molar-refractivity contribution in [2.45, 2.75) is 19.4 Å². The van der Waals surface area contributed by atoms with Crippen LogP contribution in [0.3, 0.4) is 0 Å². The molecule has 0 bridgehead atoms. The molecule has 0 amide bonds. The lowest BCUT2D eigenvalue weighted by atomic mass is 10.1. The maximum atomic E-state index is 5.07. The van der Waals surface area contributed by atoms with E-state index in [1.165, 1.54) is 0 Å². The number of aryl methyl sites for hydroxylation is 1. The van der Waals surface area contributed by atoms with Crippen molar-refractivity contribution in [2.75, 3.05) is 20.3 Å². The highest BCUT2D eigenvalue weighted by atomic mass is 16.5. The molecule has 80 valence electrons. The van der Waals surface area contributed by atoms with Gasteiger partial charge in [-0.3, -0.25) is 4.68 Å². The van der Waals surface area contributed by atoms with E-state index < -0.39 is 0 Å². The molecular weight excluding hydrogens is 180 g/mol. The lowest BCUT2D eigenvalue weighted by molar-refractivity contribution is 0.182. The van der Waals surface area contributed by atoms with Gasteiger partial charge in [0.2, 0.25) is 0 Å². The molecular formula is C9H18N4O. The van der Waals surface area contributed by atoms with Crippen LogP contribution >= 0.6 is 0 Å². The van der Waals surface area contributed by atoms with Crippen LogP contribution in [0.1, 0.15) is 25.1 Å². The summed E-state index contributed by atoms with van der Waals surface area (Å²) in [4.78, 5) is 0. The Bertz CT molecular complexity index is 261. The highest BCUT2D eigenvalue weighted by Crippen LogP contribution is 2.14. The summed E-state index contributed by atoms with van der Waals surface area (Å²) in [5.74, 6) is 0. The van der Waals surface area contributed by atoms with Gasteiger partial charge in [0.25, 0.3) is 0 Å². The quantitative estimate of drug-likeness (QED) is 0.723. The van der Waals surface area contributed by atoms with Gasteiger partial charge in [-0.2, -0.15) is 0 Å². The Labute approximate surface area is 84.4 Å². The summed E-state index contributed by atoms with van der Waals surface area (Å²) < 4.78 is 6.86. The van der Waals surface area contributed by atoms with E-state index in [-0.39, 0.29) is 6.04 Å². The molecule has 5 heteroatoms. The average Bonchev–Trinajstić information content (AvgIpc) is 2.59. The molecule has 5 nitrogen and oxygen atoms in total. The first-order valence-corrected chi connectivity index (χ1v) is 4.86. The molecule has 1 N–H and O–H groups in total. The maximum Gasteiger partial charge on any atom is 0.0754 e. The van der Waals surface area contributed by atoms with Crippen LogP contribution in [0.15, 0.2) is 6.20 Å². The summed E-state index contributed by atoms with van der Waals surface area (Å²) in [6.45, 7) is 3.76. The Kier molecular flexibility index (Phi) is 4.55. The third-order valence-corrected chi connectivity index (χ3v) is 2.17. The van der Waals surface area contributed by atoms with Crippen LogP contribution < -0.4 is 5.32 Å². The molecule has 1 rings (SSSR count). The van der Waals surface area contributed by atoms with Crippen molar-refractivity contribution in [1.82, 2.24) is 20.3 Å². The van der Waals surface area contributed by atoms with Crippen molar-refractivity contribution < 1.29 is 4.74 Å². The molecule has 1 atom stereocenters. The number of aromatic nitrogens is 3. The smallest absolute Gasteiger partial charge is 0.0754 e. The Morgan fingerprint density at radius 3 is 2.93 bits per heavy atom. The third kappa shape index (κ3) is 2.78. The van der Waals surface area contributed by atoms with E-state index in [1.54, 1.807) is 18.0 Å². The lowest BCUT2D eigenvalue weighted by Gasteiger charge is -2.16. The molecule has 1 aromatic heterocycles. The Balaban J connectivity index is 2.62. The fraction of sp³-hybridized carbons (Fsp3) is 0.778. The summed E-state index contributed by atoms with van der Waals surface area (Å²) in [6.07, 6.45) is 2.73. The van der Waals surface area contributed by atoms with Gasteiger partial charge in [0.05, 0.1) is 17.9 Å². The van der Waals surface area contributed by atoms with Crippen LogP contribution in [0.5, 0.6) is 0 Å². The van der Waals surface area contributed by atoms with E-state index >= 15 is 0 Å². The number of ether oxygens (including phenoxy) is 1. The molecule has 0 aromatic carbocycles. The monoisotopic (exact) mass is 198 g/mol. The number of nitrogens with one attached hydrogen (secondary N) is 1. The maximum absolute atomic E-state index is 5.07. The summed E-state index contributed by atoms with van der Waals surface area (Å²) in [7, 11) is 3.62. The molecule has 1 unspecified atom stereocenters. The SMILES string of the molecule is CCNC(CCOC)c1cnnn1C. The highest BCUT2D eigenvalue weighted by Gasteiger charge is 2.13. The van der Waals surface area contributed by atoms with Gasteiger partial charge in [-0.05, 0) is 13.0 Å². The fourth-order valence-electron chi connectivity index (χ4n) is 1.45. The first-order valence-electron chi connectivity index (χ1n) is 4.86. The molecule has 0 aliphatic heterocycles. The lowest BCUT2D eigenvalue weighted by Crippen LogP contribution is -2.24. The molecule has 0 aliphatic rings. The normalized spacial score (nSPS) is 13.1. The number of hydrogen-bond acceptors (Lipinski definition) is 4. The van der Waals surface area contributed by atoms with Gasteiger partial charge in [0.15, 0.2) is 0 Å². The molecule has 14 heavy (non-hydrogen) atoms. The molecule has 0 spiro atoms. The van der Waals surface area contributed by atoms with E-state index in [0.717, 1.165) is 25.3 Å². The van der Waals surface area contributed by atoms with Gasteiger partial charge in [-0.15, -0.1) is 5.10 Å². The number of rotatable bonds is 6. The van der Waals surface area contributed by atoms with Gasteiger partial charge < -0.3 is 10.1 Å². The van der Waals surface area contributed by atoms with Gasteiger partial charge in [-0.1, -0.05) is 12.1 Å². The molecule has 0 fully saturated rings. The molecule has 0 saturated carbocycles. The minimum absolute atomic E-state index is 0.278. The van der Waals surface area contributed by atoms with Gasteiger partial charge in [0.1, 0.15) is 0 Å². The van der Waals surface area contributed by atoms with Crippen molar-refractivity contribution >= 4 is 0 Å². The largest absolute Gasteiger partial charge is 0.385 e. The number of hydrogen-bond donors (Lipinski definition) is 1.